The number of nitrogens with one attached hydrogen (secondary N) is 2. The fourth-order valence-electron chi connectivity index (χ4n) is 2.63. The average Bonchev–Trinajstić information content (AvgIpc) is 2.71. The van der Waals surface area contributed by atoms with E-state index in [-0.39, 0.29) is 11.6 Å². The number of hydrogen-bond acceptors (Lipinski definition) is 5. The van der Waals surface area contributed by atoms with E-state index in [1.807, 2.05) is 31.2 Å². The number of carbonyl (C=O) groups is 1. The molecule has 2 N–H and O–H groups in total. The Labute approximate surface area is 168 Å². The Hall–Kier alpha value is -3.12. The first-order valence-corrected chi connectivity index (χ1v) is 9.20. The molecule has 1 aromatic heterocycles. The summed E-state index contributed by atoms with van der Waals surface area (Å²) < 4.78 is 5.15. The fraction of sp³-hybridized carbons (Fsp3) is 0.190. The molecular weight excluding hydrogens is 376 g/mol. The summed E-state index contributed by atoms with van der Waals surface area (Å²) in [7, 11) is 1.64. The summed E-state index contributed by atoms with van der Waals surface area (Å²) >= 11 is 5.95. The molecule has 0 aliphatic heterocycles. The van der Waals surface area contributed by atoms with E-state index in [1.54, 1.807) is 37.6 Å². The Morgan fingerprint density at radius 2 is 1.93 bits per heavy atom. The van der Waals surface area contributed by atoms with Crippen LogP contribution in [0.15, 0.2) is 54.7 Å². The van der Waals surface area contributed by atoms with Crippen molar-refractivity contribution in [3.8, 4) is 5.75 Å². The number of aryl methyl sites for hydroxylation is 1. The second-order valence-corrected chi connectivity index (χ2v) is 6.64. The van der Waals surface area contributed by atoms with E-state index in [0.717, 1.165) is 17.7 Å². The summed E-state index contributed by atoms with van der Waals surface area (Å²) in [5, 5.41) is 6.62. The van der Waals surface area contributed by atoms with Crippen molar-refractivity contribution in [2.75, 3.05) is 24.3 Å². The van der Waals surface area contributed by atoms with Gasteiger partial charge >= 0.3 is 0 Å². The van der Waals surface area contributed by atoms with Crippen LogP contribution in [0.5, 0.6) is 5.75 Å². The molecule has 0 saturated carbocycles. The van der Waals surface area contributed by atoms with Gasteiger partial charge in [0.15, 0.2) is 0 Å². The zero-order valence-corrected chi connectivity index (χ0v) is 16.5. The van der Waals surface area contributed by atoms with Gasteiger partial charge in [0, 0.05) is 23.5 Å². The lowest BCUT2D eigenvalue weighted by Crippen LogP contribution is -2.16. The monoisotopic (exact) mass is 396 g/mol. The lowest BCUT2D eigenvalue weighted by atomic mass is 10.1. The topological polar surface area (TPSA) is 76.1 Å². The van der Waals surface area contributed by atoms with Crippen molar-refractivity contribution in [1.82, 2.24) is 9.97 Å². The molecule has 28 heavy (non-hydrogen) atoms. The Kier molecular flexibility index (Phi) is 6.45. The van der Waals surface area contributed by atoms with Crippen molar-refractivity contribution in [2.24, 2.45) is 0 Å². The van der Waals surface area contributed by atoms with Crippen LogP contribution in [0.25, 0.3) is 0 Å². The molecule has 3 aromatic rings. The zero-order valence-electron chi connectivity index (χ0n) is 15.7. The van der Waals surface area contributed by atoms with Crippen molar-refractivity contribution >= 4 is 29.1 Å². The predicted octanol–water partition coefficient (Wildman–Crippen LogP) is 4.35. The maximum absolute atomic E-state index is 12.5. The van der Waals surface area contributed by atoms with Crippen LogP contribution in [-0.4, -0.2) is 29.5 Å². The quantitative estimate of drug-likeness (QED) is 0.620. The highest BCUT2D eigenvalue weighted by Crippen LogP contribution is 2.20. The number of anilines is 2. The molecule has 0 aliphatic rings. The van der Waals surface area contributed by atoms with Gasteiger partial charge < -0.3 is 15.4 Å². The molecule has 0 saturated heterocycles. The van der Waals surface area contributed by atoms with Crippen LogP contribution in [0, 0.1) is 6.92 Å². The van der Waals surface area contributed by atoms with Gasteiger partial charge in [-0.1, -0.05) is 23.7 Å². The van der Waals surface area contributed by atoms with Gasteiger partial charge in [-0.2, -0.15) is 0 Å². The minimum atomic E-state index is -0.300. The second-order valence-electron chi connectivity index (χ2n) is 6.20. The maximum Gasteiger partial charge on any atom is 0.274 e. The van der Waals surface area contributed by atoms with Crippen molar-refractivity contribution in [2.45, 2.75) is 13.3 Å². The van der Waals surface area contributed by atoms with Gasteiger partial charge in [0.2, 0.25) is 5.95 Å². The van der Waals surface area contributed by atoms with Gasteiger partial charge in [0.25, 0.3) is 5.91 Å². The first kappa shape index (κ1) is 19.6. The number of carbonyl (C=O) groups excluding carboxylic acids is 1. The van der Waals surface area contributed by atoms with E-state index >= 15 is 0 Å². The highest BCUT2D eigenvalue weighted by Gasteiger charge is 2.11. The number of hydrogen-bond donors (Lipinski definition) is 2. The third-order valence-electron chi connectivity index (χ3n) is 4.18. The minimum absolute atomic E-state index is 0.288. The van der Waals surface area contributed by atoms with E-state index in [0.29, 0.717) is 23.2 Å². The smallest absolute Gasteiger partial charge is 0.274 e. The number of rotatable bonds is 7. The summed E-state index contributed by atoms with van der Waals surface area (Å²) in [6.07, 6.45) is 2.36. The lowest BCUT2D eigenvalue weighted by molar-refractivity contribution is 0.102. The van der Waals surface area contributed by atoms with E-state index in [1.165, 1.54) is 5.56 Å². The fourth-order valence-corrected chi connectivity index (χ4v) is 2.86. The van der Waals surface area contributed by atoms with Gasteiger partial charge in [-0.3, -0.25) is 4.79 Å². The third-order valence-corrected chi connectivity index (χ3v) is 4.42. The van der Waals surface area contributed by atoms with Gasteiger partial charge in [-0.25, -0.2) is 9.97 Å². The Bertz CT molecular complexity index is 961. The van der Waals surface area contributed by atoms with Crippen LogP contribution in [-0.2, 0) is 6.42 Å². The summed E-state index contributed by atoms with van der Waals surface area (Å²) in [5.74, 6) is 0.940. The molecule has 0 fully saturated rings. The number of nitrogens with zero attached hydrogens (tertiary/aromatic N) is 2. The van der Waals surface area contributed by atoms with E-state index in [9.17, 15) is 4.79 Å². The van der Waals surface area contributed by atoms with Crippen molar-refractivity contribution in [1.29, 1.82) is 0 Å². The van der Waals surface area contributed by atoms with Gasteiger partial charge in [-0.15, -0.1) is 0 Å². The third kappa shape index (κ3) is 5.20. The molecule has 3 rings (SSSR count). The predicted molar refractivity (Wildman–Crippen MR) is 111 cm³/mol. The molecule has 1 heterocycles. The van der Waals surface area contributed by atoms with Crippen LogP contribution in [0.4, 0.5) is 11.6 Å². The SMILES string of the molecule is COc1ccc(CCNc2nccc(C(=O)Nc3ccc(Cl)cc3C)n2)cc1. The summed E-state index contributed by atoms with van der Waals surface area (Å²) in [4.78, 5) is 21.0. The number of aromatic nitrogens is 2. The van der Waals surface area contributed by atoms with Crippen LogP contribution in [0.3, 0.4) is 0 Å². The van der Waals surface area contributed by atoms with E-state index in [4.69, 9.17) is 16.3 Å². The number of halogens is 1. The van der Waals surface area contributed by atoms with Gasteiger partial charge in [0.1, 0.15) is 11.4 Å². The van der Waals surface area contributed by atoms with Crippen molar-refractivity contribution < 1.29 is 9.53 Å². The molecule has 0 radical (unpaired) electrons. The molecule has 6 nitrogen and oxygen atoms in total. The van der Waals surface area contributed by atoms with E-state index < -0.39 is 0 Å². The van der Waals surface area contributed by atoms with Gasteiger partial charge in [0.05, 0.1) is 7.11 Å². The van der Waals surface area contributed by atoms with Crippen LogP contribution in [0.1, 0.15) is 21.6 Å². The maximum atomic E-state index is 12.5. The molecule has 1 amide bonds. The molecule has 0 aliphatic carbocycles. The molecular formula is C21H21ClN4O2. The lowest BCUT2D eigenvalue weighted by Gasteiger charge is -2.09. The first-order chi connectivity index (χ1) is 13.5. The summed E-state index contributed by atoms with van der Waals surface area (Å²) in [6.45, 7) is 2.53. The van der Waals surface area contributed by atoms with Crippen LogP contribution < -0.4 is 15.4 Å². The second kappa shape index (κ2) is 9.19. The number of methoxy groups -OCH3 is 1. The first-order valence-electron chi connectivity index (χ1n) is 8.82. The summed E-state index contributed by atoms with van der Waals surface area (Å²) in [5.41, 5.74) is 3.03. The van der Waals surface area contributed by atoms with Crippen molar-refractivity contribution in [3.63, 3.8) is 0 Å². The molecule has 0 unspecified atom stereocenters. The Morgan fingerprint density at radius 1 is 1.14 bits per heavy atom. The molecule has 7 heteroatoms. The van der Waals surface area contributed by atoms with Crippen LogP contribution in [0.2, 0.25) is 5.02 Å². The molecule has 0 bridgehead atoms. The molecule has 144 valence electrons. The van der Waals surface area contributed by atoms with Crippen molar-refractivity contribution in [3.05, 3.63) is 76.6 Å². The minimum Gasteiger partial charge on any atom is -0.497 e. The molecule has 2 aromatic carbocycles. The van der Waals surface area contributed by atoms with Gasteiger partial charge in [-0.05, 0) is 60.9 Å². The number of amides is 1. The number of ether oxygens (including phenoxy) is 1. The molecule has 0 spiro atoms. The number of benzene rings is 2. The highest BCUT2D eigenvalue weighted by molar-refractivity contribution is 6.30. The highest BCUT2D eigenvalue weighted by atomic mass is 35.5. The largest absolute Gasteiger partial charge is 0.497 e. The molecule has 0 atom stereocenters. The zero-order chi connectivity index (χ0) is 19.9. The standard InChI is InChI=1S/C21H21ClN4O2/c1-14-13-16(22)5-8-18(14)25-20(27)19-10-12-24-21(26-19)23-11-9-15-3-6-17(28-2)7-4-15/h3-8,10,12-13H,9,11H2,1-2H3,(H,25,27)(H,23,24,26). The normalized spacial score (nSPS) is 10.4. The van der Waals surface area contributed by atoms with E-state index in [2.05, 4.69) is 20.6 Å². The Balaban J connectivity index is 1.58. The van der Waals surface area contributed by atoms with Crippen LogP contribution >= 0.6 is 11.6 Å². The Morgan fingerprint density at radius 3 is 2.64 bits per heavy atom. The summed E-state index contributed by atoms with van der Waals surface area (Å²) in [6, 6.07) is 14.8. The average molecular weight is 397 g/mol.